The van der Waals surface area contributed by atoms with Crippen LogP contribution >= 0.6 is 0 Å². The van der Waals surface area contributed by atoms with Gasteiger partial charge < -0.3 is 20.3 Å². The Balaban J connectivity index is 1.61. The van der Waals surface area contributed by atoms with Crippen LogP contribution in [-0.4, -0.2) is 40.1 Å². The highest BCUT2D eigenvalue weighted by molar-refractivity contribution is 5.82. The summed E-state index contributed by atoms with van der Waals surface area (Å²) in [5.74, 6) is -0.846. The number of hydrogen-bond donors (Lipinski definition) is 3. The van der Waals surface area contributed by atoms with Crippen LogP contribution in [0, 0.1) is 12.3 Å². The Kier molecular flexibility index (Phi) is 3.75. The molecular formula is C17H21N3O3. The van der Waals surface area contributed by atoms with E-state index in [1.165, 1.54) is 0 Å². The van der Waals surface area contributed by atoms with E-state index in [0.29, 0.717) is 19.5 Å². The van der Waals surface area contributed by atoms with Gasteiger partial charge in [0.25, 0.3) is 0 Å². The maximum Gasteiger partial charge on any atom is 0.317 e. The van der Waals surface area contributed by atoms with Crippen molar-refractivity contribution in [3.63, 3.8) is 0 Å². The molecule has 1 aromatic heterocycles. The second-order valence-electron chi connectivity index (χ2n) is 6.57. The lowest BCUT2D eigenvalue weighted by Crippen LogP contribution is -2.40. The van der Waals surface area contributed by atoms with Gasteiger partial charge in [-0.2, -0.15) is 0 Å². The number of H-pyrrole nitrogens is 1. The first-order valence-corrected chi connectivity index (χ1v) is 7.72. The number of hydrogen-bond acceptors (Lipinski definition) is 2. The summed E-state index contributed by atoms with van der Waals surface area (Å²) in [7, 11) is 0. The predicted molar refractivity (Wildman–Crippen MR) is 87.2 cm³/mol. The fraction of sp³-hybridized carbons (Fsp3) is 0.412. The van der Waals surface area contributed by atoms with Gasteiger partial charge in [-0.3, -0.25) is 4.79 Å². The Morgan fingerprint density at radius 2 is 2.17 bits per heavy atom. The molecule has 1 aromatic carbocycles. The Morgan fingerprint density at radius 3 is 2.87 bits per heavy atom. The molecule has 3 N–H and O–H groups in total. The Hall–Kier alpha value is -2.50. The lowest BCUT2D eigenvalue weighted by molar-refractivity contribution is -0.147. The second kappa shape index (κ2) is 5.61. The maximum atomic E-state index is 12.2. The summed E-state index contributed by atoms with van der Waals surface area (Å²) < 4.78 is 0. The fourth-order valence-electron chi connectivity index (χ4n) is 3.04. The standard InChI is InChI=1S/C17H21N3O3/c1-11-7-13-8-12(3-4-14(13)19-11)9-18-16(23)20-6-5-17(2,10-20)15(21)22/h3-4,7-8,19H,5-6,9-10H2,1-2H3,(H,18,23)(H,21,22). The number of aromatic amines is 1. The third-order valence-corrected chi connectivity index (χ3v) is 4.54. The number of benzene rings is 1. The van der Waals surface area contributed by atoms with Gasteiger partial charge >= 0.3 is 12.0 Å². The van der Waals surface area contributed by atoms with Gasteiger partial charge in [0.05, 0.1) is 5.41 Å². The van der Waals surface area contributed by atoms with Crippen molar-refractivity contribution in [1.82, 2.24) is 15.2 Å². The molecule has 0 aliphatic carbocycles. The number of urea groups is 1. The molecule has 2 aromatic rings. The van der Waals surface area contributed by atoms with E-state index in [9.17, 15) is 14.7 Å². The average Bonchev–Trinajstić information content (AvgIpc) is 3.07. The molecule has 0 spiro atoms. The number of carboxylic acids is 1. The molecule has 0 radical (unpaired) electrons. The molecule has 3 rings (SSSR count). The molecule has 0 saturated carbocycles. The highest BCUT2D eigenvalue weighted by Gasteiger charge is 2.42. The van der Waals surface area contributed by atoms with E-state index < -0.39 is 11.4 Å². The van der Waals surface area contributed by atoms with Gasteiger partial charge in [0.15, 0.2) is 0 Å². The molecule has 2 heterocycles. The molecule has 6 heteroatoms. The lowest BCUT2D eigenvalue weighted by atomic mass is 9.90. The number of likely N-dealkylation sites (tertiary alicyclic amines) is 1. The van der Waals surface area contributed by atoms with Crippen LogP contribution in [0.1, 0.15) is 24.6 Å². The number of rotatable bonds is 3. The van der Waals surface area contributed by atoms with E-state index in [1.807, 2.05) is 25.1 Å². The SMILES string of the molecule is Cc1cc2cc(CNC(=O)N3CCC(C)(C(=O)O)C3)ccc2[nH]1. The summed E-state index contributed by atoms with van der Waals surface area (Å²) in [6.07, 6.45) is 0.490. The van der Waals surface area contributed by atoms with Crippen molar-refractivity contribution in [3.8, 4) is 0 Å². The molecule has 2 amide bonds. The minimum Gasteiger partial charge on any atom is -0.481 e. The van der Waals surface area contributed by atoms with E-state index in [0.717, 1.165) is 22.2 Å². The van der Waals surface area contributed by atoms with Crippen molar-refractivity contribution in [3.05, 3.63) is 35.5 Å². The van der Waals surface area contributed by atoms with Crippen LogP contribution in [0.15, 0.2) is 24.3 Å². The van der Waals surface area contributed by atoms with Gasteiger partial charge in [-0.25, -0.2) is 4.79 Å². The molecule has 1 aliphatic rings. The van der Waals surface area contributed by atoms with Crippen molar-refractivity contribution >= 4 is 22.9 Å². The van der Waals surface area contributed by atoms with Crippen molar-refractivity contribution in [1.29, 1.82) is 0 Å². The average molecular weight is 315 g/mol. The monoisotopic (exact) mass is 315 g/mol. The zero-order valence-corrected chi connectivity index (χ0v) is 13.3. The van der Waals surface area contributed by atoms with Gasteiger partial charge in [0, 0.05) is 30.8 Å². The van der Waals surface area contributed by atoms with E-state index in [1.54, 1.807) is 11.8 Å². The van der Waals surface area contributed by atoms with Crippen LogP contribution in [0.2, 0.25) is 0 Å². The number of nitrogens with one attached hydrogen (secondary N) is 2. The Morgan fingerprint density at radius 1 is 1.39 bits per heavy atom. The van der Waals surface area contributed by atoms with Crippen molar-refractivity contribution in [2.45, 2.75) is 26.8 Å². The zero-order chi connectivity index (χ0) is 16.6. The van der Waals surface area contributed by atoms with Crippen LogP contribution in [0.3, 0.4) is 0 Å². The van der Waals surface area contributed by atoms with E-state index in [2.05, 4.69) is 16.4 Å². The van der Waals surface area contributed by atoms with Crippen molar-refractivity contribution < 1.29 is 14.7 Å². The first kappa shape index (κ1) is 15.4. The number of aliphatic carboxylic acids is 1. The van der Waals surface area contributed by atoms with E-state index in [-0.39, 0.29) is 12.6 Å². The molecule has 6 nitrogen and oxygen atoms in total. The van der Waals surface area contributed by atoms with Crippen LogP contribution < -0.4 is 5.32 Å². The van der Waals surface area contributed by atoms with Crippen LogP contribution in [0.25, 0.3) is 10.9 Å². The van der Waals surface area contributed by atoms with Crippen molar-refractivity contribution in [2.24, 2.45) is 5.41 Å². The second-order valence-corrected chi connectivity index (χ2v) is 6.57. The molecule has 1 aliphatic heterocycles. The summed E-state index contributed by atoms with van der Waals surface area (Å²) in [6.45, 7) is 4.85. The summed E-state index contributed by atoms with van der Waals surface area (Å²) in [5, 5.41) is 13.2. The summed E-state index contributed by atoms with van der Waals surface area (Å²) in [4.78, 5) is 28.3. The summed E-state index contributed by atoms with van der Waals surface area (Å²) in [6, 6.07) is 7.88. The largest absolute Gasteiger partial charge is 0.481 e. The number of nitrogens with zero attached hydrogens (tertiary/aromatic N) is 1. The normalized spacial score (nSPS) is 20.9. The van der Waals surface area contributed by atoms with Gasteiger partial charge in [0.2, 0.25) is 0 Å². The van der Waals surface area contributed by atoms with Crippen LogP contribution in [0.5, 0.6) is 0 Å². The van der Waals surface area contributed by atoms with Gasteiger partial charge in [-0.05, 0) is 49.4 Å². The van der Waals surface area contributed by atoms with E-state index in [4.69, 9.17) is 0 Å². The fourth-order valence-corrected chi connectivity index (χ4v) is 3.04. The minimum atomic E-state index is -0.846. The number of amides is 2. The summed E-state index contributed by atoms with van der Waals surface area (Å²) in [5.41, 5.74) is 2.37. The number of carbonyl (C=O) groups excluding carboxylic acids is 1. The van der Waals surface area contributed by atoms with Crippen molar-refractivity contribution in [2.75, 3.05) is 13.1 Å². The van der Waals surface area contributed by atoms with Gasteiger partial charge in [-0.1, -0.05) is 6.07 Å². The highest BCUT2D eigenvalue weighted by Crippen LogP contribution is 2.30. The molecule has 1 unspecified atom stereocenters. The third kappa shape index (κ3) is 3.02. The molecule has 1 atom stereocenters. The van der Waals surface area contributed by atoms with Crippen LogP contribution in [-0.2, 0) is 11.3 Å². The first-order valence-electron chi connectivity index (χ1n) is 7.72. The summed E-state index contributed by atoms with van der Waals surface area (Å²) >= 11 is 0. The number of carbonyl (C=O) groups is 2. The quantitative estimate of drug-likeness (QED) is 0.813. The smallest absolute Gasteiger partial charge is 0.317 e. The molecule has 23 heavy (non-hydrogen) atoms. The zero-order valence-electron chi connectivity index (χ0n) is 13.3. The van der Waals surface area contributed by atoms with Gasteiger partial charge in [0.1, 0.15) is 0 Å². The number of carboxylic acid groups (broad SMARTS) is 1. The minimum absolute atomic E-state index is 0.208. The molecule has 1 saturated heterocycles. The maximum absolute atomic E-state index is 12.2. The molecule has 0 bridgehead atoms. The molecule has 122 valence electrons. The van der Waals surface area contributed by atoms with Crippen LogP contribution in [0.4, 0.5) is 4.79 Å². The number of fused-ring (bicyclic) bond motifs is 1. The first-order chi connectivity index (χ1) is 10.9. The van der Waals surface area contributed by atoms with E-state index >= 15 is 0 Å². The lowest BCUT2D eigenvalue weighted by Gasteiger charge is -2.20. The third-order valence-electron chi connectivity index (χ3n) is 4.54. The number of aryl methyl sites for hydroxylation is 1. The Bertz CT molecular complexity index is 768. The highest BCUT2D eigenvalue weighted by atomic mass is 16.4. The molecule has 1 fully saturated rings. The predicted octanol–water partition coefficient (Wildman–Crippen LogP) is 2.48. The Labute approximate surface area is 134 Å². The number of aromatic nitrogens is 1. The topological polar surface area (TPSA) is 85.4 Å². The molecular weight excluding hydrogens is 294 g/mol. The van der Waals surface area contributed by atoms with Gasteiger partial charge in [-0.15, -0.1) is 0 Å².